The number of unbranched alkanes of at least 4 members (excludes halogenated alkanes) is 2. The van der Waals surface area contributed by atoms with Crippen molar-refractivity contribution in [2.24, 2.45) is 10.4 Å². The molecule has 0 aliphatic carbocycles. The van der Waals surface area contributed by atoms with E-state index in [-0.39, 0.29) is 49.5 Å². The lowest BCUT2D eigenvalue weighted by molar-refractivity contribution is -0.150. The maximum Gasteiger partial charge on any atom is 0.306 e. The fourth-order valence-electron chi connectivity index (χ4n) is 8.26. The van der Waals surface area contributed by atoms with Crippen LogP contribution in [0.4, 0.5) is 17.1 Å². The smallest absolute Gasteiger partial charge is 0.306 e. The summed E-state index contributed by atoms with van der Waals surface area (Å²) in [5.41, 5.74) is 5.20. The zero-order valence-corrected chi connectivity index (χ0v) is 37.1. The van der Waals surface area contributed by atoms with Gasteiger partial charge in [0.1, 0.15) is 18.9 Å². The molecule has 2 heterocycles. The Morgan fingerprint density at radius 1 is 0.754 bits per heavy atom. The molecule has 0 saturated carbocycles. The summed E-state index contributed by atoms with van der Waals surface area (Å²) in [6.45, 7) is 19.0. The number of para-hydroxylation sites is 1. The highest BCUT2D eigenvalue weighted by atomic mass is 16.6. The van der Waals surface area contributed by atoms with Crippen molar-refractivity contribution >= 4 is 52.0 Å². The Morgan fingerprint density at radius 3 is 2.11 bits per heavy atom. The lowest BCUT2D eigenvalue weighted by atomic mass is 9.77. The molecule has 1 atom stereocenters. The van der Waals surface area contributed by atoms with E-state index in [1.165, 1.54) is 11.3 Å². The fraction of sp³-hybridized carbons (Fsp3) is 0.480. The van der Waals surface area contributed by atoms with Gasteiger partial charge in [0.2, 0.25) is 5.72 Å². The Morgan fingerprint density at radius 2 is 1.41 bits per heavy atom. The van der Waals surface area contributed by atoms with E-state index in [0.717, 1.165) is 58.5 Å². The summed E-state index contributed by atoms with van der Waals surface area (Å²) >= 11 is 0. The molecule has 61 heavy (non-hydrogen) atoms. The molecule has 11 heteroatoms. The summed E-state index contributed by atoms with van der Waals surface area (Å²) in [7, 11) is 0. The van der Waals surface area contributed by atoms with Crippen molar-refractivity contribution in [2.75, 3.05) is 62.5 Å². The predicted octanol–water partition coefficient (Wildman–Crippen LogP) is 9.97. The SMILES string of the molecule is CCOCCOC(=O)CCCCCOC(=O)CCC(=O)OCCN(CC)c1ccc(-c2cc3c(c4ccccc24)OC2(C=N3)N(CC(C)(C)C)c3ccccc3C2(C)C)cc1. The standard InChI is InChI=1S/C50H63N3O8/c1-8-52(28-30-59-46(56)27-26-45(55)58-29-16-10-11-21-44(54)60-32-31-57-9-2)37-24-22-36(23-25-37)40-33-42-47(39-18-13-12-17-38(39)40)61-50(34-51-42)49(6,7)41-19-14-15-20-43(41)53(50)35-48(3,4)5/h12-15,17-20,22-25,33-34H,8-11,16,21,26-32,35H2,1-7H3. The third-order valence-corrected chi connectivity index (χ3v) is 11.5. The second-order valence-electron chi connectivity index (χ2n) is 17.5. The van der Waals surface area contributed by atoms with Crippen LogP contribution in [0.1, 0.15) is 92.6 Å². The average molecular weight is 834 g/mol. The number of esters is 3. The Balaban J connectivity index is 1.03. The van der Waals surface area contributed by atoms with Crippen molar-refractivity contribution in [3.63, 3.8) is 0 Å². The minimum atomic E-state index is -0.807. The maximum absolute atomic E-state index is 12.5. The van der Waals surface area contributed by atoms with E-state index in [4.69, 9.17) is 28.7 Å². The molecule has 0 aromatic heterocycles. The van der Waals surface area contributed by atoms with Crippen molar-refractivity contribution in [3.05, 3.63) is 84.4 Å². The second-order valence-corrected chi connectivity index (χ2v) is 17.5. The quantitative estimate of drug-likeness (QED) is 0.0484. The molecule has 1 unspecified atom stereocenters. The molecule has 326 valence electrons. The summed E-state index contributed by atoms with van der Waals surface area (Å²) in [5.74, 6) is -0.344. The lowest BCUT2D eigenvalue weighted by Gasteiger charge is -2.48. The van der Waals surface area contributed by atoms with Crippen LogP contribution in [0.2, 0.25) is 0 Å². The highest BCUT2D eigenvalue weighted by Gasteiger charge is 2.60. The van der Waals surface area contributed by atoms with Crippen molar-refractivity contribution in [3.8, 4) is 16.9 Å². The number of carbonyl (C=O) groups excluding carboxylic acids is 3. The molecule has 0 radical (unpaired) electrons. The molecule has 0 N–H and O–H groups in total. The molecule has 2 aliphatic heterocycles. The summed E-state index contributed by atoms with van der Waals surface area (Å²) in [4.78, 5) is 46.1. The number of fused-ring (bicyclic) bond motifs is 4. The van der Waals surface area contributed by atoms with Gasteiger partial charge in [-0.2, -0.15) is 0 Å². The molecule has 0 bridgehead atoms. The highest BCUT2D eigenvalue weighted by Crippen LogP contribution is 2.56. The van der Waals surface area contributed by atoms with Crippen LogP contribution in [0.3, 0.4) is 0 Å². The highest BCUT2D eigenvalue weighted by molar-refractivity contribution is 6.05. The zero-order valence-electron chi connectivity index (χ0n) is 37.1. The number of anilines is 2. The van der Waals surface area contributed by atoms with Gasteiger partial charge in [0.25, 0.3) is 0 Å². The van der Waals surface area contributed by atoms with Gasteiger partial charge in [-0.05, 0) is 98.7 Å². The normalized spacial score (nSPS) is 16.2. The van der Waals surface area contributed by atoms with Crippen molar-refractivity contribution in [2.45, 2.75) is 98.1 Å². The number of aliphatic imine (C=N–C) groups is 1. The van der Waals surface area contributed by atoms with Gasteiger partial charge in [-0.3, -0.25) is 19.4 Å². The number of hydrogen-bond donors (Lipinski definition) is 0. The van der Waals surface area contributed by atoms with Gasteiger partial charge in [-0.15, -0.1) is 0 Å². The third-order valence-electron chi connectivity index (χ3n) is 11.5. The molecule has 6 rings (SSSR count). The molecule has 11 nitrogen and oxygen atoms in total. The van der Waals surface area contributed by atoms with Crippen LogP contribution in [-0.2, 0) is 38.7 Å². The van der Waals surface area contributed by atoms with Gasteiger partial charge in [0.15, 0.2) is 5.75 Å². The number of rotatable bonds is 20. The number of ether oxygens (including phenoxy) is 5. The topological polar surface area (TPSA) is 116 Å². The van der Waals surface area contributed by atoms with E-state index >= 15 is 0 Å². The van der Waals surface area contributed by atoms with Crippen LogP contribution in [0.15, 0.2) is 83.9 Å². The van der Waals surface area contributed by atoms with Crippen LogP contribution in [0.5, 0.6) is 5.75 Å². The number of carbonyl (C=O) groups is 3. The summed E-state index contributed by atoms with van der Waals surface area (Å²) in [6.07, 6.45) is 4.28. The van der Waals surface area contributed by atoms with E-state index in [0.29, 0.717) is 39.0 Å². The first-order valence-corrected chi connectivity index (χ1v) is 21.8. The Kier molecular flexibility index (Phi) is 14.8. The predicted molar refractivity (Wildman–Crippen MR) is 242 cm³/mol. The number of hydrogen-bond acceptors (Lipinski definition) is 11. The summed E-state index contributed by atoms with van der Waals surface area (Å²) < 4.78 is 28.3. The third kappa shape index (κ3) is 10.6. The summed E-state index contributed by atoms with van der Waals surface area (Å²) in [5, 5.41) is 2.10. The minimum Gasteiger partial charge on any atom is -0.466 e. The molecular weight excluding hydrogens is 771 g/mol. The monoisotopic (exact) mass is 833 g/mol. The van der Waals surface area contributed by atoms with E-state index in [9.17, 15) is 14.4 Å². The maximum atomic E-state index is 12.5. The first-order chi connectivity index (χ1) is 29.3. The average Bonchev–Trinajstić information content (AvgIpc) is 3.41. The van der Waals surface area contributed by atoms with Crippen molar-refractivity contribution in [1.29, 1.82) is 0 Å². The lowest BCUT2D eigenvalue weighted by Crippen LogP contribution is -2.63. The first kappa shape index (κ1) is 45.1. The van der Waals surface area contributed by atoms with Crippen LogP contribution in [0.25, 0.3) is 21.9 Å². The molecule has 0 amide bonds. The Hall–Kier alpha value is -5.42. The van der Waals surface area contributed by atoms with Crippen molar-refractivity contribution < 1.29 is 38.1 Å². The number of nitrogens with zero attached hydrogens (tertiary/aromatic N) is 3. The second kappa shape index (κ2) is 20.0. The largest absolute Gasteiger partial charge is 0.466 e. The van der Waals surface area contributed by atoms with Crippen molar-refractivity contribution in [1.82, 2.24) is 0 Å². The molecule has 4 aromatic rings. The van der Waals surface area contributed by atoms with E-state index in [1.807, 2.05) is 13.1 Å². The zero-order chi connectivity index (χ0) is 43.6. The first-order valence-electron chi connectivity index (χ1n) is 21.8. The van der Waals surface area contributed by atoms with Gasteiger partial charge < -0.3 is 33.5 Å². The molecule has 0 fully saturated rings. The molecular formula is C50H63N3O8. The Bertz CT molecular complexity index is 2180. The molecule has 2 aliphatic rings. The van der Waals surface area contributed by atoms with Gasteiger partial charge in [0.05, 0.1) is 44.2 Å². The molecule has 4 aromatic carbocycles. The minimum absolute atomic E-state index is 0.0131. The van der Waals surface area contributed by atoms with Crippen LogP contribution in [-0.4, -0.2) is 82.5 Å². The number of likely N-dealkylation sites (N-methyl/N-ethyl adjacent to an activating group) is 1. The van der Waals surface area contributed by atoms with Crippen LogP contribution >= 0.6 is 0 Å². The van der Waals surface area contributed by atoms with Gasteiger partial charge in [-0.1, -0.05) is 75.4 Å². The van der Waals surface area contributed by atoms with Gasteiger partial charge in [0, 0.05) is 42.9 Å². The summed E-state index contributed by atoms with van der Waals surface area (Å²) in [6, 6.07) is 27.6. The van der Waals surface area contributed by atoms with Gasteiger partial charge in [-0.25, -0.2) is 0 Å². The van der Waals surface area contributed by atoms with E-state index < -0.39 is 17.7 Å². The van der Waals surface area contributed by atoms with Crippen LogP contribution < -0.4 is 14.5 Å². The molecule has 1 spiro atoms. The fourth-order valence-corrected chi connectivity index (χ4v) is 8.26. The van der Waals surface area contributed by atoms with E-state index in [2.05, 4.69) is 130 Å². The van der Waals surface area contributed by atoms with Crippen LogP contribution in [0, 0.1) is 5.41 Å². The molecule has 0 saturated heterocycles. The van der Waals surface area contributed by atoms with Gasteiger partial charge >= 0.3 is 17.9 Å². The Labute approximate surface area is 361 Å². The number of benzene rings is 4. The van der Waals surface area contributed by atoms with E-state index in [1.54, 1.807) is 0 Å².